The molecule has 0 aliphatic carbocycles. The molecule has 3 heteroatoms. The van der Waals surface area contributed by atoms with Crippen molar-refractivity contribution in [2.75, 3.05) is 16.8 Å². The molecule has 3 nitrogen and oxygen atoms in total. The second-order valence-corrected chi connectivity index (χ2v) is 4.93. The molecule has 1 N–H and O–H groups in total. The molecule has 19 heavy (non-hydrogen) atoms. The number of aromatic nitrogens is 1. The van der Waals surface area contributed by atoms with Crippen LogP contribution in [-0.2, 0) is 13.1 Å². The largest absolute Gasteiger partial charge is 0.370 e. The summed E-state index contributed by atoms with van der Waals surface area (Å²) in [6.07, 6.45) is 1.11. The van der Waals surface area contributed by atoms with Crippen LogP contribution in [0.25, 0.3) is 0 Å². The number of benzene rings is 1. The molecule has 1 aromatic carbocycles. The molecule has 98 valence electrons. The first-order valence-electron chi connectivity index (χ1n) is 6.89. The van der Waals surface area contributed by atoms with Gasteiger partial charge < -0.3 is 10.2 Å². The number of nitrogens with zero attached hydrogens (tertiary/aromatic N) is 2. The summed E-state index contributed by atoms with van der Waals surface area (Å²) < 4.78 is 0. The van der Waals surface area contributed by atoms with Crippen LogP contribution in [0.15, 0.2) is 42.5 Å². The maximum Gasteiger partial charge on any atom is 0.131 e. The van der Waals surface area contributed by atoms with Crippen LogP contribution in [0.1, 0.15) is 24.5 Å². The lowest BCUT2D eigenvalue weighted by Crippen LogP contribution is -2.16. The van der Waals surface area contributed by atoms with Crippen molar-refractivity contribution < 1.29 is 0 Å². The Balaban J connectivity index is 1.77. The number of pyridine rings is 1. The predicted octanol–water partition coefficient (Wildman–Crippen LogP) is 3.42. The van der Waals surface area contributed by atoms with Crippen LogP contribution in [-0.4, -0.2) is 11.5 Å². The Morgan fingerprint density at radius 2 is 1.79 bits per heavy atom. The zero-order valence-corrected chi connectivity index (χ0v) is 11.3. The summed E-state index contributed by atoms with van der Waals surface area (Å²) in [5.41, 5.74) is 2.83. The van der Waals surface area contributed by atoms with Gasteiger partial charge in [-0.2, -0.15) is 0 Å². The van der Waals surface area contributed by atoms with Crippen LogP contribution < -0.4 is 10.2 Å². The molecule has 0 fully saturated rings. The Bertz CT molecular complexity index is 540. The molecule has 0 bridgehead atoms. The van der Waals surface area contributed by atoms with E-state index < -0.39 is 0 Å². The van der Waals surface area contributed by atoms with E-state index in [4.69, 9.17) is 4.98 Å². The highest BCUT2D eigenvalue weighted by atomic mass is 15.2. The molecule has 0 saturated carbocycles. The van der Waals surface area contributed by atoms with Gasteiger partial charge in [-0.15, -0.1) is 0 Å². The molecule has 1 aromatic heterocycles. The smallest absolute Gasteiger partial charge is 0.131 e. The standard InChI is InChI=1S/C16H19N3/c1-2-10-17-15-8-5-9-16(18-15)19-11-13-6-3-4-7-14(13)12-19/h3-9H,2,10-12H2,1H3,(H,17,18). The quantitative estimate of drug-likeness (QED) is 0.905. The second-order valence-electron chi connectivity index (χ2n) is 4.93. The first-order chi connectivity index (χ1) is 9.36. The van der Waals surface area contributed by atoms with Crippen molar-refractivity contribution in [2.45, 2.75) is 26.4 Å². The first-order valence-corrected chi connectivity index (χ1v) is 6.89. The molecular weight excluding hydrogens is 234 g/mol. The minimum atomic E-state index is 0.959. The van der Waals surface area contributed by atoms with Crippen molar-refractivity contribution >= 4 is 11.6 Å². The molecule has 0 spiro atoms. The summed E-state index contributed by atoms with van der Waals surface area (Å²) in [7, 11) is 0. The lowest BCUT2D eigenvalue weighted by Gasteiger charge is -2.17. The molecule has 0 amide bonds. The van der Waals surface area contributed by atoms with Crippen LogP contribution >= 0.6 is 0 Å². The highest BCUT2D eigenvalue weighted by Crippen LogP contribution is 2.27. The number of anilines is 2. The van der Waals surface area contributed by atoms with Gasteiger partial charge in [0.15, 0.2) is 0 Å². The second kappa shape index (κ2) is 5.31. The van der Waals surface area contributed by atoms with E-state index in [2.05, 4.69) is 53.5 Å². The predicted molar refractivity (Wildman–Crippen MR) is 79.3 cm³/mol. The fraction of sp³-hybridized carbons (Fsp3) is 0.312. The third kappa shape index (κ3) is 2.55. The Morgan fingerprint density at radius 1 is 1.05 bits per heavy atom. The molecule has 0 unspecified atom stereocenters. The van der Waals surface area contributed by atoms with E-state index in [1.54, 1.807) is 0 Å². The maximum absolute atomic E-state index is 4.69. The highest BCUT2D eigenvalue weighted by Gasteiger charge is 2.19. The van der Waals surface area contributed by atoms with Crippen molar-refractivity contribution in [1.82, 2.24) is 4.98 Å². The Kier molecular flexibility index (Phi) is 3.36. The van der Waals surface area contributed by atoms with E-state index in [0.29, 0.717) is 0 Å². The molecule has 0 saturated heterocycles. The Morgan fingerprint density at radius 3 is 2.47 bits per heavy atom. The summed E-state index contributed by atoms with van der Waals surface area (Å²) in [5.74, 6) is 2.02. The van der Waals surface area contributed by atoms with Gasteiger partial charge in [-0.3, -0.25) is 0 Å². The number of hydrogen-bond donors (Lipinski definition) is 1. The zero-order chi connectivity index (χ0) is 13.1. The number of nitrogens with one attached hydrogen (secondary N) is 1. The maximum atomic E-state index is 4.69. The van der Waals surface area contributed by atoms with Gasteiger partial charge in [0.25, 0.3) is 0 Å². The van der Waals surface area contributed by atoms with Crippen molar-refractivity contribution in [1.29, 1.82) is 0 Å². The molecule has 3 rings (SSSR count). The summed E-state index contributed by atoms with van der Waals surface area (Å²) in [5, 5.41) is 3.34. The average molecular weight is 253 g/mol. The van der Waals surface area contributed by atoms with Crippen molar-refractivity contribution in [3.63, 3.8) is 0 Å². The van der Waals surface area contributed by atoms with Gasteiger partial charge in [0.05, 0.1) is 0 Å². The van der Waals surface area contributed by atoms with E-state index >= 15 is 0 Å². The summed E-state index contributed by atoms with van der Waals surface area (Å²) in [6.45, 7) is 5.05. The van der Waals surface area contributed by atoms with Crippen molar-refractivity contribution in [3.8, 4) is 0 Å². The van der Waals surface area contributed by atoms with E-state index in [-0.39, 0.29) is 0 Å². The molecule has 1 aliphatic rings. The zero-order valence-electron chi connectivity index (χ0n) is 11.3. The Labute approximate surface area is 114 Å². The number of hydrogen-bond acceptors (Lipinski definition) is 3. The summed E-state index contributed by atoms with van der Waals surface area (Å²) in [6, 6.07) is 14.8. The summed E-state index contributed by atoms with van der Waals surface area (Å²) >= 11 is 0. The van der Waals surface area contributed by atoms with Gasteiger partial charge in [0.1, 0.15) is 11.6 Å². The molecule has 0 atom stereocenters. The minimum Gasteiger partial charge on any atom is -0.370 e. The van der Waals surface area contributed by atoms with E-state index in [0.717, 1.165) is 37.7 Å². The average Bonchev–Trinajstić information content (AvgIpc) is 2.89. The minimum absolute atomic E-state index is 0.959. The monoisotopic (exact) mass is 253 g/mol. The topological polar surface area (TPSA) is 28.2 Å². The molecule has 2 heterocycles. The lowest BCUT2D eigenvalue weighted by atomic mass is 10.1. The Hall–Kier alpha value is -2.03. The van der Waals surface area contributed by atoms with E-state index in [1.807, 2.05) is 6.07 Å². The SMILES string of the molecule is CCCNc1cccc(N2Cc3ccccc3C2)n1. The molecule has 1 aliphatic heterocycles. The van der Waals surface area contributed by atoms with E-state index in [1.165, 1.54) is 11.1 Å². The normalized spacial score (nSPS) is 13.4. The van der Waals surface area contributed by atoms with E-state index in [9.17, 15) is 0 Å². The number of fused-ring (bicyclic) bond motifs is 1. The van der Waals surface area contributed by atoms with Crippen LogP contribution in [0.4, 0.5) is 11.6 Å². The van der Waals surface area contributed by atoms with Gasteiger partial charge in [-0.25, -0.2) is 4.98 Å². The highest BCUT2D eigenvalue weighted by molar-refractivity contribution is 5.51. The molecule has 0 radical (unpaired) electrons. The van der Waals surface area contributed by atoms with Crippen LogP contribution in [0.5, 0.6) is 0 Å². The fourth-order valence-electron chi connectivity index (χ4n) is 2.45. The van der Waals surface area contributed by atoms with Crippen molar-refractivity contribution in [2.24, 2.45) is 0 Å². The van der Waals surface area contributed by atoms with Gasteiger partial charge in [0.2, 0.25) is 0 Å². The summed E-state index contributed by atoms with van der Waals surface area (Å²) in [4.78, 5) is 7.01. The third-order valence-electron chi connectivity index (χ3n) is 3.46. The number of rotatable bonds is 4. The van der Waals surface area contributed by atoms with Crippen molar-refractivity contribution in [3.05, 3.63) is 53.6 Å². The van der Waals surface area contributed by atoms with Gasteiger partial charge in [0, 0.05) is 19.6 Å². The van der Waals surface area contributed by atoms with Crippen LogP contribution in [0.3, 0.4) is 0 Å². The first kappa shape index (κ1) is 12.0. The van der Waals surface area contributed by atoms with Crippen LogP contribution in [0.2, 0.25) is 0 Å². The van der Waals surface area contributed by atoms with Crippen LogP contribution in [0, 0.1) is 0 Å². The molecule has 2 aromatic rings. The lowest BCUT2D eigenvalue weighted by molar-refractivity contribution is 0.855. The van der Waals surface area contributed by atoms with Gasteiger partial charge in [-0.1, -0.05) is 37.3 Å². The molecular formula is C16H19N3. The fourth-order valence-corrected chi connectivity index (χ4v) is 2.45. The van der Waals surface area contributed by atoms with Gasteiger partial charge in [-0.05, 0) is 29.7 Å². The third-order valence-corrected chi connectivity index (χ3v) is 3.46. The van der Waals surface area contributed by atoms with Gasteiger partial charge >= 0.3 is 0 Å².